The molecule has 1 aliphatic carbocycles. The molecule has 2 rings (SSSR count). The molecule has 1 N–H and O–H groups in total. The molecule has 72 valence electrons. The molecule has 2 atom stereocenters. The second-order valence-corrected chi connectivity index (χ2v) is 3.41. The summed E-state index contributed by atoms with van der Waals surface area (Å²) in [6, 6.07) is 0.0108. The molecule has 0 spiro atoms. The van der Waals surface area contributed by atoms with Gasteiger partial charge in [0.2, 0.25) is 0 Å². The molecule has 1 aliphatic rings. The van der Waals surface area contributed by atoms with Crippen molar-refractivity contribution in [2.45, 2.75) is 38.0 Å². The third-order valence-corrected chi connectivity index (χ3v) is 2.46. The monoisotopic (exact) mass is 184 g/mol. The van der Waals surface area contributed by atoms with Gasteiger partial charge in [-0.2, -0.15) is 0 Å². The summed E-state index contributed by atoms with van der Waals surface area (Å²) in [5, 5.41) is 3.14. The van der Waals surface area contributed by atoms with Crippen LogP contribution in [0, 0.1) is 0 Å². The molecule has 0 radical (unpaired) electrons. The van der Waals surface area contributed by atoms with Crippen LogP contribution in [0.15, 0.2) is 17.1 Å². The Morgan fingerprint density at radius 3 is 3.15 bits per heavy atom. The number of rotatable bonds is 3. The van der Waals surface area contributed by atoms with Gasteiger partial charge in [0.05, 0.1) is 5.69 Å². The molecule has 13 heavy (non-hydrogen) atoms. The maximum atomic E-state index is 13.1. The van der Waals surface area contributed by atoms with E-state index in [0.29, 0.717) is 13.0 Å². The molecule has 0 saturated heterocycles. The molecule has 0 amide bonds. The van der Waals surface area contributed by atoms with Crippen LogP contribution in [0.5, 0.6) is 0 Å². The van der Waals surface area contributed by atoms with Gasteiger partial charge in [0.25, 0.3) is 0 Å². The van der Waals surface area contributed by atoms with Crippen molar-refractivity contribution in [1.82, 2.24) is 10.3 Å². The number of alkyl halides is 1. The summed E-state index contributed by atoms with van der Waals surface area (Å²) in [5.41, 5.74) is 0.833. The lowest BCUT2D eigenvalue weighted by molar-refractivity contribution is 0.278. The highest BCUT2D eigenvalue weighted by molar-refractivity contribution is 4.92. The van der Waals surface area contributed by atoms with Crippen molar-refractivity contribution in [3.63, 3.8) is 0 Å². The second kappa shape index (κ2) is 3.87. The van der Waals surface area contributed by atoms with Crippen molar-refractivity contribution in [3.8, 4) is 0 Å². The maximum absolute atomic E-state index is 13.1. The Hall–Kier alpha value is -0.900. The topological polar surface area (TPSA) is 38.1 Å². The van der Waals surface area contributed by atoms with Crippen LogP contribution in [0.1, 0.15) is 25.0 Å². The number of halogens is 1. The van der Waals surface area contributed by atoms with Gasteiger partial charge in [-0.25, -0.2) is 9.37 Å². The molecular formula is C9H13FN2O. The van der Waals surface area contributed by atoms with Crippen molar-refractivity contribution in [1.29, 1.82) is 0 Å². The Kier molecular flexibility index (Phi) is 2.59. The summed E-state index contributed by atoms with van der Waals surface area (Å²) in [5.74, 6) is 0. The SMILES string of the molecule is F[C@@H]1CCC[C@@H]1NCc1cocn1. The highest BCUT2D eigenvalue weighted by Crippen LogP contribution is 2.21. The van der Waals surface area contributed by atoms with Crippen molar-refractivity contribution in [2.24, 2.45) is 0 Å². The van der Waals surface area contributed by atoms with Gasteiger partial charge in [-0.3, -0.25) is 0 Å². The van der Waals surface area contributed by atoms with Gasteiger partial charge in [0.15, 0.2) is 6.39 Å². The second-order valence-electron chi connectivity index (χ2n) is 3.41. The van der Waals surface area contributed by atoms with Crippen LogP contribution in [0.25, 0.3) is 0 Å². The molecule has 0 unspecified atom stereocenters. The first-order chi connectivity index (χ1) is 6.36. The quantitative estimate of drug-likeness (QED) is 0.776. The molecule has 1 saturated carbocycles. The smallest absolute Gasteiger partial charge is 0.180 e. The molecule has 3 nitrogen and oxygen atoms in total. The lowest BCUT2D eigenvalue weighted by atomic mass is 10.2. The minimum atomic E-state index is -0.688. The Balaban J connectivity index is 1.79. The first kappa shape index (κ1) is 8.69. The van der Waals surface area contributed by atoms with E-state index in [1.807, 2.05) is 0 Å². The first-order valence-electron chi connectivity index (χ1n) is 4.61. The summed E-state index contributed by atoms with van der Waals surface area (Å²) in [6.45, 7) is 0.599. The molecular weight excluding hydrogens is 171 g/mol. The lowest BCUT2D eigenvalue weighted by Gasteiger charge is -2.13. The van der Waals surface area contributed by atoms with Crippen LogP contribution < -0.4 is 5.32 Å². The van der Waals surface area contributed by atoms with Crippen LogP contribution in [0.3, 0.4) is 0 Å². The predicted molar refractivity (Wildman–Crippen MR) is 45.9 cm³/mol. The summed E-state index contributed by atoms with van der Waals surface area (Å²) in [6.07, 6.45) is 4.88. The van der Waals surface area contributed by atoms with E-state index in [-0.39, 0.29) is 6.04 Å². The van der Waals surface area contributed by atoms with Crippen molar-refractivity contribution < 1.29 is 8.81 Å². The number of aromatic nitrogens is 1. The molecule has 4 heteroatoms. The largest absolute Gasteiger partial charge is 0.451 e. The normalized spacial score (nSPS) is 28.1. The summed E-state index contributed by atoms with van der Waals surface area (Å²) < 4.78 is 17.9. The van der Waals surface area contributed by atoms with Crippen LogP contribution in [0.4, 0.5) is 4.39 Å². The van der Waals surface area contributed by atoms with Gasteiger partial charge >= 0.3 is 0 Å². The van der Waals surface area contributed by atoms with Crippen molar-refractivity contribution >= 4 is 0 Å². The van der Waals surface area contributed by atoms with Crippen LogP contribution in [-0.4, -0.2) is 17.2 Å². The third-order valence-electron chi connectivity index (χ3n) is 2.46. The molecule has 1 aromatic rings. The van der Waals surface area contributed by atoms with E-state index in [9.17, 15) is 4.39 Å². The first-order valence-corrected chi connectivity index (χ1v) is 4.61. The highest BCUT2D eigenvalue weighted by atomic mass is 19.1. The van der Waals surface area contributed by atoms with Gasteiger partial charge in [-0.05, 0) is 19.3 Å². The van der Waals surface area contributed by atoms with Gasteiger partial charge in [-0.15, -0.1) is 0 Å². The average molecular weight is 184 g/mol. The third kappa shape index (κ3) is 2.06. The molecule has 1 heterocycles. The molecule has 0 bridgehead atoms. The lowest BCUT2D eigenvalue weighted by Crippen LogP contribution is -2.32. The zero-order chi connectivity index (χ0) is 9.10. The fraction of sp³-hybridized carbons (Fsp3) is 0.667. The van der Waals surface area contributed by atoms with E-state index in [1.165, 1.54) is 6.39 Å². The minimum Gasteiger partial charge on any atom is -0.451 e. The van der Waals surface area contributed by atoms with E-state index in [0.717, 1.165) is 18.5 Å². The molecule has 1 fully saturated rings. The Morgan fingerprint density at radius 1 is 1.62 bits per heavy atom. The molecule has 0 aliphatic heterocycles. The van der Waals surface area contributed by atoms with E-state index in [1.54, 1.807) is 6.26 Å². The highest BCUT2D eigenvalue weighted by Gasteiger charge is 2.26. The fourth-order valence-corrected chi connectivity index (χ4v) is 1.71. The van der Waals surface area contributed by atoms with E-state index in [4.69, 9.17) is 4.42 Å². The fourth-order valence-electron chi connectivity index (χ4n) is 1.71. The molecule has 1 aromatic heterocycles. The Morgan fingerprint density at radius 2 is 2.54 bits per heavy atom. The number of nitrogens with zero attached hydrogens (tertiary/aromatic N) is 1. The van der Waals surface area contributed by atoms with Gasteiger partial charge in [0.1, 0.15) is 12.4 Å². The van der Waals surface area contributed by atoms with Crippen LogP contribution in [0.2, 0.25) is 0 Å². The molecule has 0 aromatic carbocycles. The Bertz CT molecular complexity index is 250. The van der Waals surface area contributed by atoms with Crippen LogP contribution >= 0.6 is 0 Å². The predicted octanol–water partition coefficient (Wildman–Crippen LogP) is 1.65. The van der Waals surface area contributed by atoms with E-state index >= 15 is 0 Å². The number of nitrogens with one attached hydrogen (secondary N) is 1. The zero-order valence-corrected chi connectivity index (χ0v) is 7.37. The summed E-state index contributed by atoms with van der Waals surface area (Å²) >= 11 is 0. The van der Waals surface area contributed by atoms with Gasteiger partial charge < -0.3 is 9.73 Å². The zero-order valence-electron chi connectivity index (χ0n) is 7.37. The van der Waals surface area contributed by atoms with Gasteiger partial charge in [-0.1, -0.05) is 0 Å². The maximum Gasteiger partial charge on any atom is 0.180 e. The number of oxazole rings is 1. The van der Waals surface area contributed by atoms with Crippen molar-refractivity contribution in [3.05, 3.63) is 18.4 Å². The standard InChI is InChI=1S/C9H13FN2O/c10-8-2-1-3-9(8)11-4-7-5-13-6-12-7/h5-6,8-9,11H,1-4H2/t8-,9+/m1/s1. The average Bonchev–Trinajstić information content (AvgIpc) is 2.72. The van der Waals surface area contributed by atoms with E-state index < -0.39 is 6.17 Å². The summed E-state index contributed by atoms with van der Waals surface area (Å²) in [4.78, 5) is 3.95. The minimum absolute atomic E-state index is 0.0108. The van der Waals surface area contributed by atoms with Gasteiger partial charge in [0, 0.05) is 12.6 Å². The number of hydrogen-bond donors (Lipinski definition) is 1. The summed E-state index contributed by atoms with van der Waals surface area (Å²) in [7, 11) is 0. The van der Waals surface area contributed by atoms with E-state index in [2.05, 4.69) is 10.3 Å². The van der Waals surface area contributed by atoms with Crippen LogP contribution in [-0.2, 0) is 6.54 Å². The Labute approximate surface area is 76.3 Å². The van der Waals surface area contributed by atoms with Crippen molar-refractivity contribution in [2.75, 3.05) is 0 Å². The number of hydrogen-bond acceptors (Lipinski definition) is 3.